The maximum absolute atomic E-state index is 14.0. The van der Waals surface area contributed by atoms with Crippen molar-refractivity contribution in [3.8, 4) is 45.5 Å². The largest absolute Gasteiger partial charge is 0.497 e. The number of H-pyrrole nitrogens is 1. The zero-order chi connectivity index (χ0) is 26.2. The molecule has 6 aromatic rings. The van der Waals surface area contributed by atoms with Crippen LogP contribution in [0.3, 0.4) is 0 Å². The molecule has 6 rings (SSSR count). The Morgan fingerprint density at radius 1 is 0.789 bits per heavy atom. The highest BCUT2D eigenvalue weighted by molar-refractivity contribution is 5.99. The van der Waals surface area contributed by atoms with E-state index in [-0.39, 0.29) is 28.1 Å². The Balaban J connectivity index is 1.72. The maximum atomic E-state index is 14.0. The first-order chi connectivity index (χ1) is 18.6. The lowest BCUT2D eigenvalue weighted by Gasteiger charge is -2.13. The van der Waals surface area contributed by atoms with Gasteiger partial charge in [-0.05, 0) is 29.8 Å². The van der Waals surface area contributed by atoms with Crippen LogP contribution in [0.5, 0.6) is 5.75 Å². The Morgan fingerprint density at radius 2 is 1.42 bits per heavy atom. The Bertz CT molecular complexity index is 1990. The van der Waals surface area contributed by atoms with Gasteiger partial charge in [-0.3, -0.25) is 14.7 Å². The number of fused-ring (bicyclic) bond motifs is 2. The lowest BCUT2D eigenvalue weighted by atomic mass is 9.97. The molecule has 0 aliphatic rings. The molecule has 182 valence electrons. The summed E-state index contributed by atoms with van der Waals surface area (Å²) in [4.78, 5) is 36.5. The highest BCUT2D eigenvalue weighted by atomic mass is 16.5. The number of aromatic nitrogens is 5. The molecule has 3 heterocycles. The molecular formula is C29H18N6O3. The molecule has 3 aromatic heterocycles. The third-order valence-electron chi connectivity index (χ3n) is 6.28. The molecule has 3 aromatic carbocycles. The fourth-order valence-corrected chi connectivity index (χ4v) is 4.48. The van der Waals surface area contributed by atoms with Crippen molar-refractivity contribution in [1.29, 1.82) is 5.26 Å². The molecule has 9 heteroatoms. The summed E-state index contributed by atoms with van der Waals surface area (Å²) in [6.07, 6.45) is 0. The zero-order valence-corrected chi connectivity index (χ0v) is 20.0. The van der Waals surface area contributed by atoms with E-state index in [2.05, 4.69) is 20.2 Å². The highest BCUT2D eigenvalue weighted by Gasteiger charge is 2.23. The number of nitrogens with one attached hydrogen (secondary N) is 1. The summed E-state index contributed by atoms with van der Waals surface area (Å²) in [5.74, 6) is 0.473. The van der Waals surface area contributed by atoms with Crippen molar-refractivity contribution in [2.75, 3.05) is 7.11 Å². The van der Waals surface area contributed by atoms with Gasteiger partial charge in [-0.2, -0.15) is 15.3 Å². The van der Waals surface area contributed by atoms with Gasteiger partial charge in [0.05, 0.1) is 23.9 Å². The lowest BCUT2D eigenvalue weighted by Crippen LogP contribution is -2.31. The van der Waals surface area contributed by atoms with Crippen LogP contribution in [0.15, 0.2) is 94.5 Å². The van der Waals surface area contributed by atoms with Gasteiger partial charge in [0.1, 0.15) is 17.4 Å². The highest BCUT2D eigenvalue weighted by Crippen LogP contribution is 2.33. The molecule has 0 saturated heterocycles. The van der Waals surface area contributed by atoms with Crippen LogP contribution in [0.1, 0.15) is 5.56 Å². The molecule has 0 amide bonds. The minimum Gasteiger partial charge on any atom is -0.497 e. The van der Waals surface area contributed by atoms with Crippen molar-refractivity contribution >= 4 is 16.8 Å². The molecule has 0 radical (unpaired) electrons. The predicted molar refractivity (Wildman–Crippen MR) is 143 cm³/mol. The van der Waals surface area contributed by atoms with Crippen molar-refractivity contribution in [3.63, 3.8) is 0 Å². The average molecular weight is 499 g/mol. The SMILES string of the molecule is COc1ccc(-c2nc3nc4[nH]nc(-c5ccccc5)c(-c5ccccc5)c4c(=O)n3c(=O)c2C#N)cc1. The molecule has 0 fully saturated rings. The number of benzene rings is 3. The fourth-order valence-electron chi connectivity index (χ4n) is 4.48. The number of aromatic amines is 1. The maximum Gasteiger partial charge on any atom is 0.280 e. The van der Waals surface area contributed by atoms with Crippen molar-refractivity contribution in [3.05, 3.63) is 111 Å². The lowest BCUT2D eigenvalue weighted by molar-refractivity contribution is 0.415. The van der Waals surface area contributed by atoms with Gasteiger partial charge >= 0.3 is 0 Å². The topological polar surface area (TPSA) is 126 Å². The number of rotatable bonds is 4. The van der Waals surface area contributed by atoms with Crippen molar-refractivity contribution in [2.45, 2.75) is 0 Å². The van der Waals surface area contributed by atoms with Crippen LogP contribution in [-0.2, 0) is 0 Å². The van der Waals surface area contributed by atoms with Gasteiger partial charge in [0.2, 0.25) is 5.78 Å². The first-order valence-electron chi connectivity index (χ1n) is 11.6. The van der Waals surface area contributed by atoms with E-state index in [1.807, 2.05) is 66.7 Å². The third kappa shape index (κ3) is 3.60. The van der Waals surface area contributed by atoms with E-state index in [4.69, 9.17) is 4.74 Å². The molecule has 0 saturated carbocycles. The zero-order valence-electron chi connectivity index (χ0n) is 20.0. The molecule has 0 aliphatic heterocycles. The van der Waals surface area contributed by atoms with Gasteiger partial charge in [-0.15, -0.1) is 0 Å². The Hall–Kier alpha value is -5.62. The summed E-state index contributed by atoms with van der Waals surface area (Å²) in [6.45, 7) is 0. The van der Waals surface area contributed by atoms with Gasteiger partial charge in [-0.1, -0.05) is 60.7 Å². The van der Waals surface area contributed by atoms with Crippen LogP contribution in [0.25, 0.3) is 50.5 Å². The summed E-state index contributed by atoms with van der Waals surface area (Å²) in [5.41, 5.74) is 1.68. The van der Waals surface area contributed by atoms with E-state index in [0.717, 1.165) is 15.5 Å². The first kappa shape index (κ1) is 22.8. The summed E-state index contributed by atoms with van der Waals surface area (Å²) in [6, 6.07) is 27.4. The summed E-state index contributed by atoms with van der Waals surface area (Å²) in [5, 5.41) is 17.5. The van der Waals surface area contributed by atoms with E-state index < -0.39 is 11.1 Å². The monoisotopic (exact) mass is 498 g/mol. The van der Waals surface area contributed by atoms with Gasteiger partial charge in [-0.25, -0.2) is 9.38 Å². The van der Waals surface area contributed by atoms with Gasteiger partial charge in [0.25, 0.3) is 11.1 Å². The van der Waals surface area contributed by atoms with Crippen LogP contribution in [-0.4, -0.2) is 31.7 Å². The number of hydrogen-bond donors (Lipinski definition) is 1. The van der Waals surface area contributed by atoms with Crippen molar-refractivity contribution < 1.29 is 4.74 Å². The standard InChI is InChI=1S/C29H18N6O3/c1-38-20-14-12-19(13-15-20)24-21(16-30)27(36)35-28(37)23-22(17-8-4-2-5-9-17)25(18-10-6-3-7-11-18)33-34-26(23)32-29(35)31-24/h2-15H,1H3,(H,31,32,34). The molecule has 0 atom stereocenters. The second kappa shape index (κ2) is 9.11. The summed E-state index contributed by atoms with van der Waals surface area (Å²) in [7, 11) is 1.54. The van der Waals surface area contributed by atoms with Crippen LogP contribution in [0.4, 0.5) is 0 Å². The number of nitrogens with zero attached hydrogens (tertiary/aromatic N) is 5. The molecule has 0 unspecified atom stereocenters. The molecule has 0 spiro atoms. The van der Waals surface area contributed by atoms with Crippen LogP contribution in [0, 0.1) is 11.3 Å². The van der Waals surface area contributed by atoms with Crippen LogP contribution < -0.4 is 15.9 Å². The van der Waals surface area contributed by atoms with Gasteiger partial charge in [0, 0.05) is 16.7 Å². The Morgan fingerprint density at radius 3 is 2.05 bits per heavy atom. The average Bonchev–Trinajstić information content (AvgIpc) is 2.97. The first-order valence-corrected chi connectivity index (χ1v) is 11.6. The quantitative estimate of drug-likeness (QED) is 0.361. The minimum absolute atomic E-state index is 0.128. The van der Waals surface area contributed by atoms with Crippen LogP contribution >= 0.6 is 0 Å². The number of hydrogen-bond acceptors (Lipinski definition) is 7. The second-order valence-electron chi connectivity index (χ2n) is 8.44. The molecule has 38 heavy (non-hydrogen) atoms. The number of ether oxygens (including phenoxy) is 1. The summed E-state index contributed by atoms with van der Waals surface area (Å²) < 4.78 is 6.04. The van der Waals surface area contributed by atoms with Gasteiger partial charge < -0.3 is 4.74 Å². The Kier molecular flexibility index (Phi) is 5.47. The molecular weight excluding hydrogens is 480 g/mol. The number of nitriles is 1. The molecule has 0 aliphatic carbocycles. The summed E-state index contributed by atoms with van der Waals surface area (Å²) >= 11 is 0. The minimum atomic E-state index is -0.792. The Labute approximate surface area is 215 Å². The number of methoxy groups -OCH3 is 1. The van der Waals surface area contributed by atoms with Crippen molar-refractivity contribution in [1.82, 2.24) is 24.6 Å². The van der Waals surface area contributed by atoms with E-state index in [9.17, 15) is 14.9 Å². The van der Waals surface area contributed by atoms with E-state index in [0.29, 0.717) is 22.6 Å². The van der Waals surface area contributed by atoms with Crippen molar-refractivity contribution in [2.24, 2.45) is 0 Å². The molecule has 1 N–H and O–H groups in total. The van der Waals surface area contributed by atoms with E-state index in [1.165, 1.54) is 0 Å². The van der Waals surface area contributed by atoms with Gasteiger partial charge in [0.15, 0.2) is 5.65 Å². The van der Waals surface area contributed by atoms with E-state index in [1.54, 1.807) is 31.4 Å². The molecule has 0 bridgehead atoms. The normalized spacial score (nSPS) is 10.9. The smallest absolute Gasteiger partial charge is 0.280 e. The second-order valence-corrected chi connectivity index (χ2v) is 8.44. The van der Waals surface area contributed by atoms with Crippen LogP contribution in [0.2, 0.25) is 0 Å². The molecule has 9 nitrogen and oxygen atoms in total. The third-order valence-corrected chi connectivity index (χ3v) is 6.28. The van der Waals surface area contributed by atoms with E-state index >= 15 is 0 Å². The predicted octanol–water partition coefficient (Wildman–Crippen LogP) is 4.21. The fraction of sp³-hybridized carbons (Fsp3) is 0.0345.